The zero-order valence-corrected chi connectivity index (χ0v) is 10.4. The van der Waals surface area contributed by atoms with Gasteiger partial charge in [-0.05, 0) is 38.4 Å². The van der Waals surface area contributed by atoms with Crippen molar-refractivity contribution < 1.29 is 9.90 Å². The van der Waals surface area contributed by atoms with Crippen molar-refractivity contribution in [3.63, 3.8) is 0 Å². The molecule has 0 atom stereocenters. The lowest BCUT2D eigenvalue weighted by molar-refractivity contribution is -0.143. The first-order chi connectivity index (χ1) is 8.06. The van der Waals surface area contributed by atoms with Gasteiger partial charge in [0.1, 0.15) is 0 Å². The Morgan fingerprint density at radius 1 is 1.53 bits per heavy atom. The number of likely N-dealkylation sites (tertiary alicyclic amines) is 1. The van der Waals surface area contributed by atoms with Gasteiger partial charge in [-0.1, -0.05) is 0 Å². The molecule has 0 unspecified atom stereocenters. The standard InChI is InChI=1S/C12H19N3O2/c1-9-7-14(2)13-11(9)8-15-5-3-10(4-6-15)12(16)17/h7,10H,3-6,8H2,1-2H3,(H,16,17). The summed E-state index contributed by atoms with van der Waals surface area (Å²) < 4.78 is 1.83. The van der Waals surface area contributed by atoms with E-state index in [1.54, 1.807) is 0 Å². The first-order valence-electron chi connectivity index (χ1n) is 6.00. The summed E-state index contributed by atoms with van der Waals surface area (Å²) in [7, 11) is 1.92. The summed E-state index contributed by atoms with van der Waals surface area (Å²) in [5, 5.41) is 13.3. The Labute approximate surface area is 101 Å². The van der Waals surface area contributed by atoms with Crippen molar-refractivity contribution in [2.24, 2.45) is 13.0 Å². The normalized spacial score (nSPS) is 18.5. The molecule has 0 amide bonds. The molecule has 1 aliphatic heterocycles. The van der Waals surface area contributed by atoms with E-state index in [0.717, 1.165) is 38.2 Å². The number of hydrogen-bond donors (Lipinski definition) is 1. The topological polar surface area (TPSA) is 58.4 Å². The lowest BCUT2D eigenvalue weighted by Crippen LogP contribution is -2.36. The highest BCUT2D eigenvalue weighted by atomic mass is 16.4. The third kappa shape index (κ3) is 2.85. The first-order valence-corrected chi connectivity index (χ1v) is 6.00. The number of carboxylic acid groups (broad SMARTS) is 1. The molecule has 2 heterocycles. The van der Waals surface area contributed by atoms with E-state index in [1.165, 1.54) is 5.56 Å². The zero-order valence-electron chi connectivity index (χ0n) is 10.4. The SMILES string of the molecule is Cc1cn(C)nc1CN1CCC(C(=O)O)CC1. The molecular weight excluding hydrogens is 218 g/mol. The Hall–Kier alpha value is -1.36. The minimum atomic E-state index is -0.654. The molecule has 5 heteroatoms. The average molecular weight is 237 g/mol. The van der Waals surface area contributed by atoms with Gasteiger partial charge >= 0.3 is 5.97 Å². The molecule has 0 spiro atoms. The Morgan fingerprint density at radius 3 is 2.65 bits per heavy atom. The fourth-order valence-electron chi connectivity index (χ4n) is 2.36. The molecule has 94 valence electrons. The van der Waals surface area contributed by atoms with Crippen molar-refractivity contribution in [2.75, 3.05) is 13.1 Å². The quantitative estimate of drug-likeness (QED) is 0.853. The molecule has 5 nitrogen and oxygen atoms in total. The summed E-state index contributed by atoms with van der Waals surface area (Å²) >= 11 is 0. The Morgan fingerprint density at radius 2 is 2.18 bits per heavy atom. The maximum absolute atomic E-state index is 10.8. The number of carbonyl (C=O) groups is 1. The van der Waals surface area contributed by atoms with Gasteiger partial charge < -0.3 is 5.11 Å². The van der Waals surface area contributed by atoms with E-state index in [2.05, 4.69) is 16.9 Å². The fourth-order valence-corrected chi connectivity index (χ4v) is 2.36. The van der Waals surface area contributed by atoms with Crippen LogP contribution in [0.15, 0.2) is 6.20 Å². The maximum atomic E-state index is 10.8. The predicted octanol–water partition coefficient (Wildman–Crippen LogP) is 1.03. The summed E-state index contributed by atoms with van der Waals surface area (Å²) in [4.78, 5) is 13.1. The van der Waals surface area contributed by atoms with Crippen molar-refractivity contribution in [3.8, 4) is 0 Å². The van der Waals surface area contributed by atoms with Crippen LogP contribution in [0.4, 0.5) is 0 Å². The molecular formula is C12H19N3O2. The first kappa shape index (κ1) is 12.1. The van der Waals surface area contributed by atoms with Crippen LogP contribution in [0.25, 0.3) is 0 Å². The highest BCUT2D eigenvalue weighted by molar-refractivity contribution is 5.70. The number of nitrogens with zero attached hydrogens (tertiary/aromatic N) is 3. The third-order valence-electron chi connectivity index (χ3n) is 3.42. The van der Waals surface area contributed by atoms with E-state index < -0.39 is 5.97 Å². The van der Waals surface area contributed by atoms with Crippen LogP contribution in [-0.2, 0) is 18.4 Å². The van der Waals surface area contributed by atoms with Crippen LogP contribution in [0.3, 0.4) is 0 Å². The summed E-state index contributed by atoms with van der Waals surface area (Å²) in [6.45, 7) is 4.60. The van der Waals surface area contributed by atoms with E-state index in [9.17, 15) is 4.79 Å². The van der Waals surface area contributed by atoms with Gasteiger partial charge in [0.25, 0.3) is 0 Å². The fraction of sp³-hybridized carbons (Fsp3) is 0.667. The molecule has 1 aromatic rings. The van der Waals surface area contributed by atoms with Gasteiger partial charge in [0.15, 0.2) is 0 Å². The molecule has 1 N–H and O–H groups in total. The summed E-state index contributed by atoms with van der Waals surface area (Å²) in [6.07, 6.45) is 3.52. The molecule has 1 fully saturated rings. The van der Waals surface area contributed by atoms with Gasteiger partial charge in [-0.25, -0.2) is 0 Å². The number of carboxylic acids is 1. The van der Waals surface area contributed by atoms with Crippen LogP contribution < -0.4 is 0 Å². The molecule has 1 aromatic heterocycles. The zero-order chi connectivity index (χ0) is 12.4. The second kappa shape index (κ2) is 4.87. The summed E-state index contributed by atoms with van der Waals surface area (Å²) in [5.74, 6) is -0.810. The number of aryl methyl sites for hydroxylation is 2. The Balaban J connectivity index is 1.90. The lowest BCUT2D eigenvalue weighted by Gasteiger charge is -2.29. The van der Waals surface area contributed by atoms with Crippen molar-refractivity contribution in [1.82, 2.24) is 14.7 Å². The van der Waals surface area contributed by atoms with E-state index in [1.807, 2.05) is 17.9 Å². The largest absolute Gasteiger partial charge is 0.481 e. The van der Waals surface area contributed by atoms with Crippen molar-refractivity contribution in [3.05, 3.63) is 17.5 Å². The van der Waals surface area contributed by atoms with Crippen LogP contribution in [0.2, 0.25) is 0 Å². The Kier molecular flexibility index (Phi) is 3.47. The molecule has 0 saturated carbocycles. The highest BCUT2D eigenvalue weighted by Gasteiger charge is 2.24. The molecule has 0 aliphatic carbocycles. The van der Waals surface area contributed by atoms with Crippen LogP contribution in [0.5, 0.6) is 0 Å². The molecule has 17 heavy (non-hydrogen) atoms. The van der Waals surface area contributed by atoms with E-state index >= 15 is 0 Å². The molecule has 0 radical (unpaired) electrons. The van der Waals surface area contributed by atoms with Gasteiger partial charge in [-0.2, -0.15) is 5.10 Å². The minimum absolute atomic E-state index is 0.156. The van der Waals surface area contributed by atoms with Crippen molar-refractivity contribution in [2.45, 2.75) is 26.3 Å². The average Bonchev–Trinajstić information content (AvgIpc) is 2.58. The van der Waals surface area contributed by atoms with Crippen molar-refractivity contribution >= 4 is 5.97 Å². The lowest BCUT2D eigenvalue weighted by atomic mass is 9.97. The van der Waals surface area contributed by atoms with Crippen molar-refractivity contribution in [1.29, 1.82) is 0 Å². The van der Waals surface area contributed by atoms with Crippen LogP contribution in [0.1, 0.15) is 24.1 Å². The number of rotatable bonds is 3. The smallest absolute Gasteiger partial charge is 0.306 e. The highest BCUT2D eigenvalue weighted by Crippen LogP contribution is 2.19. The van der Waals surface area contributed by atoms with Gasteiger partial charge in [-0.3, -0.25) is 14.4 Å². The second-order valence-corrected chi connectivity index (χ2v) is 4.82. The van der Waals surface area contributed by atoms with Crippen LogP contribution >= 0.6 is 0 Å². The number of hydrogen-bond acceptors (Lipinski definition) is 3. The predicted molar refractivity (Wildman–Crippen MR) is 63.6 cm³/mol. The van der Waals surface area contributed by atoms with Gasteiger partial charge in [-0.15, -0.1) is 0 Å². The third-order valence-corrected chi connectivity index (χ3v) is 3.42. The molecule has 0 bridgehead atoms. The summed E-state index contributed by atoms with van der Waals surface area (Å²) in [6, 6.07) is 0. The summed E-state index contributed by atoms with van der Waals surface area (Å²) in [5.41, 5.74) is 2.30. The van der Waals surface area contributed by atoms with E-state index in [-0.39, 0.29) is 5.92 Å². The monoisotopic (exact) mass is 237 g/mol. The number of aliphatic carboxylic acids is 1. The second-order valence-electron chi connectivity index (χ2n) is 4.82. The van der Waals surface area contributed by atoms with Gasteiger partial charge in [0.05, 0.1) is 11.6 Å². The number of piperidine rings is 1. The van der Waals surface area contributed by atoms with Gasteiger partial charge in [0.2, 0.25) is 0 Å². The molecule has 0 aromatic carbocycles. The van der Waals surface area contributed by atoms with E-state index in [0.29, 0.717) is 0 Å². The van der Waals surface area contributed by atoms with E-state index in [4.69, 9.17) is 5.11 Å². The molecule has 2 rings (SSSR count). The van der Waals surface area contributed by atoms with Crippen LogP contribution in [-0.4, -0.2) is 38.8 Å². The Bertz CT molecular complexity index is 406. The number of aromatic nitrogens is 2. The molecule has 1 aliphatic rings. The molecule has 1 saturated heterocycles. The van der Waals surface area contributed by atoms with Crippen LogP contribution in [0, 0.1) is 12.8 Å². The minimum Gasteiger partial charge on any atom is -0.481 e. The maximum Gasteiger partial charge on any atom is 0.306 e. The van der Waals surface area contributed by atoms with Gasteiger partial charge in [0, 0.05) is 19.8 Å².